The van der Waals surface area contributed by atoms with Crippen LogP contribution in [0.25, 0.3) is 0 Å². The van der Waals surface area contributed by atoms with Crippen LogP contribution in [0.15, 0.2) is 30.3 Å². The van der Waals surface area contributed by atoms with E-state index in [1.807, 2.05) is 0 Å². The summed E-state index contributed by atoms with van der Waals surface area (Å²) in [5.41, 5.74) is 0.658. The molecule has 0 unspecified atom stereocenters. The lowest BCUT2D eigenvalue weighted by Gasteiger charge is -2.08. The molecule has 2 rings (SSSR count). The highest BCUT2D eigenvalue weighted by atomic mass is 35.5. The van der Waals surface area contributed by atoms with Crippen LogP contribution in [0, 0.1) is 0 Å². The maximum atomic E-state index is 10.7. The molecule has 0 radical (unpaired) electrons. The molecule has 0 aliphatic heterocycles. The first-order chi connectivity index (χ1) is 8.58. The zero-order valence-corrected chi connectivity index (χ0v) is 11.4. The van der Waals surface area contributed by atoms with Gasteiger partial charge in [-0.3, -0.25) is 0 Å². The number of anilines is 1. The fourth-order valence-electron chi connectivity index (χ4n) is 1.43. The molecule has 0 bridgehead atoms. The fourth-order valence-corrected chi connectivity index (χ4v) is 2.75. The van der Waals surface area contributed by atoms with Crippen molar-refractivity contribution < 1.29 is 9.90 Å². The number of hydrogen-bond donors (Lipinski definition) is 2. The third kappa shape index (κ3) is 2.96. The van der Waals surface area contributed by atoms with Gasteiger partial charge in [-0.15, -0.1) is 11.3 Å². The average Bonchev–Trinajstić information content (AvgIpc) is 2.77. The summed E-state index contributed by atoms with van der Waals surface area (Å²) in [6, 6.07) is 8.60. The molecule has 0 amide bonds. The Morgan fingerprint density at radius 2 is 1.89 bits per heavy atom. The summed E-state index contributed by atoms with van der Waals surface area (Å²) in [7, 11) is 0. The largest absolute Gasteiger partial charge is 0.477 e. The summed E-state index contributed by atoms with van der Waals surface area (Å²) in [4.78, 5) is 12.0. The number of thiophene rings is 1. The third-order valence-electron chi connectivity index (χ3n) is 2.27. The van der Waals surface area contributed by atoms with E-state index in [2.05, 4.69) is 5.32 Å². The van der Waals surface area contributed by atoms with Crippen LogP contribution in [0.2, 0.25) is 10.0 Å². The SMILES string of the molecule is O=C(O)c1ccc(CNc2c(Cl)cccc2Cl)s1. The molecular weight excluding hydrogens is 293 g/mol. The van der Waals surface area contributed by atoms with Crippen molar-refractivity contribution in [3.8, 4) is 0 Å². The van der Waals surface area contributed by atoms with Gasteiger partial charge in [0, 0.05) is 11.4 Å². The Labute approximate surface area is 118 Å². The van der Waals surface area contributed by atoms with Crippen LogP contribution in [0.1, 0.15) is 14.5 Å². The lowest BCUT2D eigenvalue weighted by Crippen LogP contribution is -1.98. The van der Waals surface area contributed by atoms with E-state index in [-0.39, 0.29) is 0 Å². The van der Waals surface area contributed by atoms with E-state index in [0.29, 0.717) is 27.2 Å². The number of aromatic carboxylic acids is 1. The van der Waals surface area contributed by atoms with Crippen molar-refractivity contribution in [2.24, 2.45) is 0 Å². The number of carboxylic acid groups (broad SMARTS) is 1. The quantitative estimate of drug-likeness (QED) is 0.882. The molecule has 2 N–H and O–H groups in total. The molecule has 18 heavy (non-hydrogen) atoms. The Kier molecular flexibility index (Phi) is 4.11. The van der Waals surface area contributed by atoms with Gasteiger partial charge in [-0.2, -0.15) is 0 Å². The monoisotopic (exact) mass is 301 g/mol. The molecule has 1 aromatic heterocycles. The van der Waals surface area contributed by atoms with Crippen LogP contribution in [-0.2, 0) is 6.54 Å². The van der Waals surface area contributed by atoms with E-state index in [9.17, 15) is 4.79 Å². The molecule has 6 heteroatoms. The maximum absolute atomic E-state index is 10.7. The zero-order chi connectivity index (χ0) is 13.1. The van der Waals surface area contributed by atoms with E-state index in [0.717, 1.165) is 4.88 Å². The van der Waals surface area contributed by atoms with Gasteiger partial charge in [-0.05, 0) is 24.3 Å². The molecule has 0 spiro atoms. The number of halogens is 2. The molecule has 3 nitrogen and oxygen atoms in total. The van der Waals surface area contributed by atoms with Gasteiger partial charge in [0.25, 0.3) is 0 Å². The highest BCUT2D eigenvalue weighted by Crippen LogP contribution is 2.30. The zero-order valence-electron chi connectivity index (χ0n) is 9.11. The number of nitrogens with one attached hydrogen (secondary N) is 1. The summed E-state index contributed by atoms with van der Waals surface area (Å²) in [5.74, 6) is -0.915. The summed E-state index contributed by atoms with van der Waals surface area (Å²) in [5, 5.41) is 13.0. The minimum absolute atomic E-state index is 0.317. The molecule has 0 fully saturated rings. The topological polar surface area (TPSA) is 49.3 Å². The van der Waals surface area contributed by atoms with Gasteiger partial charge in [-0.25, -0.2) is 4.79 Å². The van der Waals surface area contributed by atoms with Crippen molar-refractivity contribution in [3.63, 3.8) is 0 Å². The second-order valence-corrected chi connectivity index (χ2v) is 5.50. The fraction of sp³-hybridized carbons (Fsp3) is 0.0833. The number of hydrogen-bond acceptors (Lipinski definition) is 3. The number of para-hydroxylation sites is 1. The Morgan fingerprint density at radius 1 is 1.22 bits per heavy atom. The van der Waals surface area contributed by atoms with E-state index < -0.39 is 5.97 Å². The van der Waals surface area contributed by atoms with Gasteiger partial charge in [0.1, 0.15) is 4.88 Å². The lowest BCUT2D eigenvalue weighted by atomic mass is 10.3. The average molecular weight is 302 g/mol. The molecule has 0 atom stereocenters. The first-order valence-corrected chi connectivity index (χ1v) is 6.65. The number of benzene rings is 1. The highest BCUT2D eigenvalue weighted by Gasteiger charge is 2.08. The van der Waals surface area contributed by atoms with E-state index in [1.54, 1.807) is 30.3 Å². The predicted octanol–water partition coefficient (Wildman–Crippen LogP) is 4.37. The predicted molar refractivity (Wildman–Crippen MR) is 75.1 cm³/mol. The summed E-state index contributed by atoms with van der Waals surface area (Å²) < 4.78 is 0. The van der Waals surface area contributed by atoms with Crippen molar-refractivity contribution >= 4 is 46.2 Å². The smallest absolute Gasteiger partial charge is 0.345 e. The molecule has 0 saturated carbocycles. The summed E-state index contributed by atoms with van der Waals surface area (Å²) >= 11 is 13.3. The highest BCUT2D eigenvalue weighted by molar-refractivity contribution is 7.13. The van der Waals surface area contributed by atoms with Crippen LogP contribution < -0.4 is 5.32 Å². The second-order valence-electron chi connectivity index (χ2n) is 3.52. The first-order valence-electron chi connectivity index (χ1n) is 5.08. The van der Waals surface area contributed by atoms with Crippen molar-refractivity contribution in [1.82, 2.24) is 0 Å². The van der Waals surface area contributed by atoms with Gasteiger partial charge in [0.05, 0.1) is 15.7 Å². The van der Waals surface area contributed by atoms with Crippen LogP contribution in [0.3, 0.4) is 0 Å². The van der Waals surface area contributed by atoms with Crippen molar-refractivity contribution in [1.29, 1.82) is 0 Å². The number of carbonyl (C=O) groups is 1. The van der Waals surface area contributed by atoms with Crippen LogP contribution in [0.4, 0.5) is 5.69 Å². The van der Waals surface area contributed by atoms with Crippen molar-refractivity contribution in [2.75, 3.05) is 5.32 Å². The van der Waals surface area contributed by atoms with Crippen LogP contribution >= 0.6 is 34.5 Å². The van der Waals surface area contributed by atoms with E-state index >= 15 is 0 Å². The van der Waals surface area contributed by atoms with Gasteiger partial charge in [0.2, 0.25) is 0 Å². The standard InChI is InChI=1S/C12H9Cl2NO2S/c13-8-2-1-3-9(14)11(8)15-6-7-4-5-10(18-7)12(16)17/h1-5,15H,6H2,(H,16,17). The van der Waals surface area contributed by atoms with Crippen molar-refractivity contribution in [2.45, 2.75) is 6.54 Å². The van der Waals surface area contributed by atoms with Crippen LogP contribution in [0.5, 0.6) is 0 Å². The Balaban J connectivity index is 2.09. The molecule has 0 saturated heterocycles. The number of rotatable bonds is 4. The van der Waals surface area contributed by atoms with Gasteiger partial charge in [0.15, 0.2) is 0 Å². The lowest BCUT2D eigenvalue weighted by molar-refractivity contribution is 0.0702. The molecule has 1 aromatic carbocycles. The molecule has 0 aliphatic carbocycles. The Hall–Kier alpha value is -1.23. The van der Waals surface area contributed by atoms with Gasteiger partial charge in [-0.1, -0.05) is 29.3 Å². The minimum Gasteiger partial charge on any atom is -0.477 e. The van der Waals surface area contributed by atoms with Gasteiger partial charge < -0.3 is 10.4 Å². The van der Waals surface area contributed by atoms with Gasteiger partial charge >= 0.3 is 5.97 Å². The molecule has 2 aromatic rings. The van der Waals surface area contributed by atoms with E-state index in [1.165, 1.54) is 11.3 Å². The molecular formula is C12H9Cl2NO2S. The summed E-state index contributed by atoms with van der Waals surface area (Å²) in [6.45, 7) is 0.488. The normalized spacial score (nSPS) is 10.3. The maximum Gasteiger partial charge on any atom is 0.345 e. The second kappa shape index (κ2) is 5.61. The Bertz CT molecular complexity index is 563. The first kappa shape index (κ1) is 13.2. The minimum atomic E-state index is -0.915. The molecule has 94 valence electrons. The van der Waals surface area contributed by atoms with Crippen molar-refractivity contribution in [3.05, 3.63) is 50.1 Å². The molecule has 0 aliphatic rings. The van der Waals surface area contributed by atoms with Crippen LogP contribution in [-0.4, -0.2) is 11.1 Å². The third-order valence-corrected chi connectivity index (χ3v) is 3.98. The Morgan fingerprint density at radius 3 is 2.44 bits per heavy atom. The van der Waals surface area contributed by atoms with E-state index in [4.69, 9.17) is 28.3 Å². The number of carboxylic acids is 1. The molecule has 1 heterocycles. The summed E-state index contributed by atoms with van der Waals surface area (Å²) in [6.07, 6.45) is 0.